The fourth-order valence-electron chi connectivity index (χ4n) is 3.64. The van der Waals surface area contributed by atoms with Crippen LogP contribution in [0.2, 0.25) is 5.02 Å². The van der Waals surface area contributed by atoms with Gasteiger partial charge in [0.25, 0.3) is 0 Å². The normalized spacial score (nSPS) is 23.3. The van der Waals surface area contributed by atoms with E-state index in [9.17, 15) is 9.90 Å². The Morgan fingerprint density at radius 1 is 1.11 bits per heavy atom. The maximum Gasteiger partial charge on any atom is 0.231 e. The number of nitrogens with one attached hydrogen (secondary N) is 2. The number of allylic oxidation sites excluding steroid dienone is 1. The minimum atomic E-state index is -0.154. The lowest BCUT2D eigenvalue weighted by molar-refractivity contribution is -1.01. The highest BCUT2D eigenvalue weighted by Gasteiger charge is 2.33. The summed E-state index contributed by atoms with van der Waals surface area (Å²) in [5, 5.41) is 11.0. The maximum absolute atomic E-state index is 12.8. The monoisotopic (exact) mass is 386 g/mol. The van der Waals surface area contributed by atoms with Crippen molar-refractivity contribution >= 4 is 23.5 Å². The van der Waals surface area contributed by atoms with Gasteiger partial charge in [0.2, 0.25) is 5.78 Å². The highest BCUT2D eigenvalue weighted by Crippen LogP contribution is 2.39. The average Bonchev–Trinajstić information content (AvgIpc) is 2.97. The van der Waals surface area contributed by atoms with Gasteiger partial charge in [-0.15, -0.1) is 0 Å². The zero-order valence-electron chi connectivity index (χ0n) is 15.2. The van der Waals surface area contributed by atoms with Crippen molar-refractivity contribution in [2.75, 3.05) is 33.2 Å². The van der Waals surface area contributed by atoms with E-state index < -0.39 is 0 Å². The van der Waals surface area contributed by atoms with E-state index in [1.54, 1.807) is 30.3 Å². The molecule has 0 aliphatic carbocycles. The number of benzene rings is 2. The van der Waals surface area contributed by atoms with Crippen LogP contribution in [0.15, 0.2) is 42.2 Å². The number of rotatable bonds is 3. The zero-order valence-corrected chi connectivity index (χ0v) is 16.0. The molecule has 0 radical (unpaired) electrons. The molecule has 0 saturated carbocycles. The molecule has 2 aromatic rings. The molecule has 4 rings (SSSR count). The van der Waals surface area contributed by atoms with Crippen molar-refractivity contribution in [3.8, 4) is 11.5 Å². The Morgan fingerprint density at radius 2 is 1.81 bits per heavy atom. The summed E-state index contributed by atoms with van der Waals surface area (Å²) in [5.74, 6) is 0.808. The van der Waals surface area contributed by atoms with Crippen molar-refractivity contribution in [2.45, 2.75) is 6.54 Å². The second-order valence-corrected chi connectivity index (χ2v) is 7.75. The van der Waals surface area contributed by atoms with Crippen LogP contribution in [-0.4, -0.2) is 44.1 Å². The molecule has 140 valence electrons. The topological polar surface area (TPSA) is 55.4 Å². The molecule has 1 saturated heterocycles. The number of carbonyl (C=O) groups is 1. The van der Waals surface area contributed by atoms with Gasteiger partial charge in [0.1, 0.15) is 38.5 Å². The molecule has 2 heterocycles. The number of quaternary nitrogens is 2. The number of halogens is 1. The van der Waals surface area contributed by atoms with E-state index in [-0.39, 0.29) is 17.3 Å². The van der Waals surface area contributed by atoms with Gasteiger partial charge in [-0.2, -0.15) is 0 Å². The smallest absolute Gasteiger partial charge is 0.231 e. The van der Waals surface area contributed by atoms with Gasteiger partial charge in [-0.1, -0.05) is 23.7 Å². The van der Waals surface area contributed by atoms with E-state index in [0.717, 1.165) is 37.3 Å². The first-order chi connectivity index (χ1) is 13.0. The van der Waals surface area contributed by atoms with Crippen molar-refractivity contribution < 1.29 is 24.4 Å². The quantitative estimate of drug-likeness (QED) is 0.676. The van der Waals surface area contributed by atoms with E-state index in [1.165, 1.54) is 9.80 Å². The SMILES string of the molecule is C[NH+]1CC[NH+](Cc2c(O)ccc3c2O/C(=C\c2ccc(Cl)cc2)C3=O)CC1. The van der Waals surface area contributed by atoms with Crippen LogP contribution in [0.25, 0.3) is 6.08 Å². The summed E-state index contributed by atoms with van der Waals surface area (Å²) in [6, 6.07) is 10.5. The molecule has 2 aliphatic heterocycles. The van der Waals surface area contributed by atoms with Crippen LogP contribution in [0.1, 0.15) is 21.5 Å². The largest absolute Gasteiger partial charge is 0.507 e. The number of phenols is 1. The number of fused-ring (bicyclic) bond motifs is 1. The van der Waals surface area contributed by atoms with E-state index >= 15 is 0 Å². The summed E-state index contributed by atoms with van der Waals surface area (Å²) in [5.41, 5.74) is 2.08. The maximum atomic E-state index is 12.8. The number of hydrogen-bond donors (Lipinski definition) is 3. The third-order valence-electron chi connectivity index (χ3n) is 5.32. The minimum Gasteiger partial charge on any atom is -0.507 e. The highest BCUT2D eigenvalue weighted by atomic mass is 35.5. The second-order valence-electron chi connectivity index (χ2n) is 7.32. The highest BCUT2D eigenvalue weighted by molar-refractivity contribution is 6.30. The number of aromatic hydroxyl groups is 1. The van der Waals surface area contributed by atoms with Gasteiger partial charge in [0.05, 0.1) is 18.2 Å². The van der Waals surface area contributed by atoms with Crippen LogP contribution in [-0.2, 0) is 6.54 Å². The van der Waals surface area contributed by atoms with Gasteiger partial charge in [-0.3, -0.25) is 4.79 Å². The Morgan fingerprint density at radius 3 is 2.52 bits per heavy atom. The van der Waals surface area contributed by atoms with Crippen molar-refractivity contribution in [2.24, 2.45) is 0 Å². The second kappa shape index (κ2) is 7.35. The van der Waals surface area contributed by atoms with E-state index in [0.29, 0.717) is 22.9 Å². The standard InChI is InChI=1S/C21H21ClN2O3/c1-23-8-10-24(11-9-23)13-17-18(25)7-6-16-20(26)19(27-21(16)17)12-14-2-4-15(22)5-3-14/h2-7,12,25H,8-11,13H2,1H3/p+2/b19-12-. The van der Waals surface area contributed by atoms with E-state index in [2.05, 4.69) is 7.05 Å². The first-order valence-electron chi connectivity index (χ1n) is 9.21. The molecule has 6 heteroatoms. The molecule has 0 amide bonds. The fourth-order valence-corrected chi connectivity index (χ4v) is 3.76. The number of carbonyl (C=O) groups excluding carboxylic acids is 1. The molecule has 2 aromatic carbocycles. The number of piperazine rings is 1. The van der Waals surface area contributed by atoms with Crippen LogP contribution in [0, 0.1) is 0 Å². The lowest BCUT2D eigenvalue weighted by Crippen LogP contribution is -3.26. The van der Waals surface area contributed by atoms with Gasteiger partial charge >= 0.3 is 0 Å². The number of ketones is 1. The summed E-state index contributed by atoms with van der Waals surface area (Å²) in [4.78, 5) is 15.7. The van der Waals surface area contributed by atoms with Gasteiger partial charge < -0.3 is 19.6 Å². The summed E-state index contributed by atoms with van der Waals surface area (Å²) in [7, 11) is 2.20. The predicted octanol–water partition coefficient (Wildman–Crippen LogP) is 0.575. The molecular weight excluding hydrogens is 364 g/mol. The number of Topliss-reactive ketones (excluding diaryl/α,β-unsaturated/α-hetero) is 1. The number of likely N-dealkylation sites (N-methyl/N-ethyl adjacent to an activating group) is 1. The first kappa shape index (κ1) is 18.0. The average molecular weight is 387 g/mol. The van der Waals surface area contributed by atoms with Crippen molar-refractivity contribution in [3.05, 3.63) is 63.9 Å². The molecule has 27 heavy (non-hydrogen) atoms. The third-order valence-corrected chi connectivity index (χ3v) is 5.57. The summed E-state index contributed by atoms with van der Waals surface area (Å²) in [6.45, 7) is 4.94. The van der Waals surface area contributed by atoms with Crippen molar-refractivity contribution in [1.29, 1.82) is 0 Å². The van der Waals surface area contributed by atoms with E-state index in [4.69, 9.17) is 16.3 Å². The van der Waals surface area contributed by atoms with E-state index in [1.807, 2.05) is 12.1 Å². The Balaban J connectivity index is 1.61. The number of hydrogen-bond acceptors (Lipinski definition) is 3. The predicted molar refractivity (Wildman–Crippen MR) is 104 cm³/mol. The van der Waals surface area contributed by atoms with Crippen LogP contribution in [0.5, 0.6) is 11.5 Å². The molecule has 0 unspecified atom stereocenters. The van der Waals surface area contributed by atoms with Crippen LogP contribution < -0.4 is 14.5 Å². The molecule has 5 nitrogen and oxygen atoms in total. The molecule has 0 bridgehead atoms. The molecule has 2 aliphatic rings. The third kappa shape index (κ3) is 3.72. The molecule has 0 spiro atoms. The van der Waals surface area contributed by atoms with Gasteiger partial charge in [-0.25, -0.2) is 0 Å². The van der Waals surface area contributed by atoms with Crippen molar-refractivity contribution in [3.63, 3.8) is 0 Å². The van der Waals surface area contributed by atoms with Crippen LogP contribution in [0.3, 0.4) is 0 Å². The molecular formula is C21H23ClN2O3+2. The number of ether oxygens (including phenoxy) is 1. The molecule has 0 atom stereocenters. The van der Waals surface area contributed by atoms with Gasteiger partial charge in [0.15, 0.2) is 11.5 Å². The molecule has 1 fully saturated rings. The Kier molecular flexibility index (Phi) is 4.91. The number of phenolic OH excluding ortho intramolecular Hbond substituents is 1. The Bertz CT molecular complexity index is 900. The van der Waals surface area contributed by atoms with Crippen LogP contribution in [0.4, 0.5) is 0 Å². The van der Waals surface area contributed by atoms with Crippen LogP contribution >= 0.6 is 11.6 Å². The lowest BCUT2D eigenvalue weighted by Gasteiger charge is -2.27. The molecule has 3 N–H and O–H groups in total. The fraction of sp³-hybridized carbons (Fsp3) is 0.286. The zero-order chi connectivity index (χ0) is 19.0. The Hall–Kier alpha value is -2.34. The lowest BCUT2D eigenvalue weighted by atomic mass is 10.0. The van der Waals surface area contributed by atoms with Gasteiger partial charge in [-0.05, 0) is 35.9 Å². The summed E-state index contributed by atoms with van der Waals surface area (Å²) >= 11 is 5.92. The summed E-state index contributed by atoms with van der Waals surface area (Å²) in [6.07, 6.45) is 1.71. The molecule has 0 aromatic heterocycles. The Labute approximate surface area is 163 Å². The van der Waals surface area contributed by atoms with Crippen molar-refractivity contribution in [1.82, 2.24) is 0 Å². The minimum absolute atomic E-state index is 0.154. The van der Waals surface area contributed by atoms with Gasteiger partial charge in [0, 0.05) is 5.02 Å². The first-order valence-corrected chi connectivity index (χ1v) is 9.58. The summed E-state index contributed by atoms with van der Waals surface area (Å²) < 4.78 is 5.93.